The van der Waals surface area contributed by atoms with Gasteiger partial charge in [0.25, 0.3) is 0 Å². The summed E-state index contributed by atoms with van der Waals surface area (Å²) in [5.74, 6) is 1.73. The van der Waals surface area contributed by atoms with Crippen molar-refractivity contribution in [3.63, 3.8) is 0 Å². The molecular formula is C19H31N3O3. The monoisotopic (exact) mass is 349 g/mol. The standard InChI is InChI=1S/C19H31N3O3/c1-15-6-7-16(13-18(15)23-3)8-9-21-19(20-2)22-10-12-24-14-17-5-4-11-25-17/h6-7,13,17H,4-5,8-12,14H2,1-3H3,(H2,20,21,22). The highest BCUT2D eigenvalue weighted by atomic mass is 16.5. The molecule has 1 aromatic carbocycles. The van der Waals surface area contributed by atoms with E-state index in [-0.39, 0.29) is 6.10 Å². The van der Waals surface area contributed by atoms with Crippen LogP contribution in [0.4, 0.5) is 0 Å². The number of hydrogen-bond acceptors (Lipinski definition) is 4. The lowest BCUT2D eigenvalue weighted by Gasteiger charge is -2.14. The van der Waals surface area contributed by atoms with Crippen LogP contribution in [0.3, 0.4) is 0 Å². The second kappa shape index (κ2) is 10.9. The summed E-state index contributed by atoms with van der Waals surface area (Å²) >= 11 is 0. The Morgan fingerprint density at radius 2 is 2.16 bits per heavy atom. The van der Waals surface area contributed by atoms with Gasteiger partial charge in [-0.05, 0) is 43.4 Å². The van der Waals surface area contributed by atoms with Crippen molar-refractivity contribution < 1.29 is 14.2 Å². The van der Waals surface area contributed by atoms with Gasteiger partial charge in [0.1, 0.15) is 5.75 Å². The molecule has 1 saturated heterocycles. The van der Waals surface area contributed by atoms with Crippen molar-refractivity contribution in [1.29, 1.82) is 0 Å². The summed E-state index contributed by atoms with van der Waals surface area (Å²) in [5.41, 5.74) is 2.39. The molecule has 0 spiro atoms. The average molecular weight is 349 g/mol. The first-order valence-corrected chi connectivity index (χ1v) is 9.00. The molecule has 1 unspecified atom stereocenters. The summed E-state index contributed by atoms with van der Waals surface area (Å²) in [5, 5.41) is 6.58. The zero-order valence-electron chi connectivity index (χ0n) is 15.6. The Bertz CT molecular complexity index is 543. The number of hydrogen-bond donors (Lipinski definition) is 2. The maximum absolute atomic E-state index is 5.64. The van der Waals surface area contributed by atoms with Crippen LogP contribution in [0.1, 0.15) is 24.0 Å². The molecule has 0 amide bonds. The Kier molecular flexibility index (Phi) is 8.55. The Balaban J connectivity index is 1.59. The molecule has 0 bridgehead atoms. The molecule has 0 radical (unpaired) electrons. The number of nitrogens with one attached hydrogen (secondary N) is 2. The topological polar surface area (TPSA) is 64.1 Å². The van der Waals surface area contributed by atoms with Gasteiger partial charge in [0.05, 0.1) is 26.4 Å². The minimum atomic E-state index is 0.281. The SMILES string of the molecule is CN=C(NCCOCC1CCCO1)NCCc1ccc(C)c(OC)c1. The number of aryl methyl sites for hydroxylation is 1. The van der Waals surface area contributed by atoms with Crippen molar-refractivity contribution in [2.75, 3.05) is 47.1 Å². The van der Waals surface area contributed by atoms with Crippen molar-refractivity contribution in [2.45, 2.75) is 32.3 Å². The van der Waals surface area contributed by atoms with Crippen LogP contribution in [0.15, 0.2) is 23.2 Å². The van der Waals surface area contributed by atoms with Crippen LogP contribution in [-0.2, 0) is 15.9 Å². The van der Waals surface area contributed by atoms with Gasteiger partial charge in [0.15, 0.2) is 5.96 Å². The van der Waals surface area contributed by atoms with E-state index in [2.05, 4.69) is 33.8 Å². The van der Waals surface area contributed by atoms with Crippen molar-refractivity contribution in [3.8, 4) is 5.75 Å². The van der Waals surface area contributed by atoms with Gasteiger partial charge in [-0.1, -0.05) is 12.1 Å². The molecule has 2 N–H and O–H groups in total. The largest absolute Gasteiger partial charge is 0.496 e. The minimum absolute atomic E-state index is 0.281. The third-order valence-corrected chi connectivity index (χ3v) is 4.27. The van der Waals surface area contributed by atoms with Crippen LogP contribution in [-0.4, -0.2) is 59.1 Å². The predicted molar refractivity (Wildman–Crippen MR) is 101 cm³/mol. The number of aliphatic imine (C=N–C) groups is 1. The van der Waals surface area contributed by atoms with Crippen LogP contribution >= 0.6 is 0 Å². The quantitative estimate of drug-likeness (QED) is 0.405. The Morgan fingerprint density at radius 3 is 2.88 bits per heavy atom. The van der Waals surface area contributed by atoms with Crippen molar-refractivity contribution in [1.82, 2.24) is 10.6 Å². The second-order valence-electron chi connectivity index (χ2n) is 6.19. The molecule has 0 aliphatic carbocycles. The second-order valence-corrected chi connectivity index (χ2v) is 6.19. The van der Waals surface area contributed by atoms with Gasteiger partial charge in [-0.25, -0.2) is 0 Å². The molecular weight excluding hydrogens is 318 g/mol. The lowest BCUT2D eigenvalue weighted by Crippen LogP contribution is -2.40. The molecule has 2 rings (SSSR count). The number of guanidine groups is 1. The third-order valence-electron chi connectivity index (χ3n) is 4.27. The van der Waals surface area contributed by atoms with Crippen molar-refractivity contribution in [3.05, 3.63) is 29.3 Å². The van der Waals surface area contributed by atoms with Crippen molar-refractivity contribution in [2.24, 2.45) is 4.99 Å². The van der Waals surface area contributed by atoms with E-state index in [1.54, 1.807) is 14.2 Å². The fraction of sp³-hybridized carbons (Fsp3) is 0.632. The van der Waals surface area contributed by atoms with E-state index in [0.717, 1.165) is 56.2 Å². The van der Waals surface area contributed by atoms with Gasteiger partial charge in [0, 0.05) is 26.7 Å². The van der Waals surface area contributed by atoms with Gasteiger partial charge in [-0.3, -0.25) is 4.99 Å². The fourth-order valence-corrected chi connectivity index (χ4v) is 2.80. The summed E-state index contributed by atoms with van der Waals surface area (Å²) in [6, 6.07) is 6.31. The van der Waals surface area contributed by atoms with E-state index < -0.39 is 0 Å². The number of benzene rings is 1. The fourth-order valence-electron chi connectivity index (χ4n) is 2.80. The summed E-state index contributed by atoms with van der Waals surface area (Å²) in [6.45, 7) is 5.79. The van der Waals surface area contributed by atoms with Gasteiger partial charge in [-0.15, -0.1) is 0 Å². The molecule has 6 heteroatoms. The normalized spacial score (nSPS) is 17.6. The molecule has 140 valence electrons. The maximum Gasteiger partial charge on any atom is 0.191 e. The number of nitrogens with zero attached hydrogens (tertiary/aromatic N) is 1. The lowest BCUT2D eigenvalue weighted by atomic mass is 10.1. The van der Waals surface area contributed by atoms with Gasteiger partial charge < -0.3 is 24.8 Å². The average Bonchev–Trinajstić information content (AvgIpc) is 3.14. The Morgan fingerprint density at radius 1 is 1.32 bits per heavy atom. The van der Waals surface area contributed by atoms with E-state index in [1.165, 1.54) is 5.56 Å². The number of ether oxygens (including phenoxy) is 3. The predicted octanol–water partition coefficient (Wildman–Crippen LogP) is 1.91. The third kappa shape index (κ3) is 6.92. The van der Waals surface area contributed by atoms with E-state index in [1.807, 2.05) is 6.92 Å². The first-order valence-electron chi connectivity index (χ1n) is 9.00. The molecule has 1 heterocycles. The molecule has 1 aliphatic rings. The van der Waals surface area contributed by atoms with E-state index in [4.69, 9.17) is 14.2 Å². The van der Waals surface area contributed by atoms with Crippen LogP contribution in [0.2, 0.25) is 0 Å². The summed E-state index contributed by atoms with van der Waals surface area (Å²) < 4.78 is 16.5. The first-order chi connectivity index (χ1) is 12.2. The zero-order valence-corrected chi connectivity index (χ0v) is 15.6. The highest BCUT2D eigenvalue weighted by molar-refractivity contribution is 5.79. The molecule has 1 aliphatic heterocycles. The van der Waals surface area contributed by atoms with Crippen LogP contribution < -0.4 is 15.4 Å². The lowest BCUT2D eigenvalue weighted by molar-refractivity contribution is 0.0191. The van der Waals surface area contributed by atoms with Gasteiger partial charge in [-0.2, -0.15) is 0 Å². The Labute approximate surface area is 151 Å². The first kappa shape index (κ1) is 19.5. The maximum atomic E-state index is 5.64. The van der Waals surface area contributed by atoms with Crippen LogP contribution in [0.5, 0.6) is 5.75 Å². The highest BCUT2D eigenvalue weighted by Crippen LogP contribution is 2.19. The molecule has 1 atom stereocenters. The van der Waals surface area contributed by atoms with E-state index in [0.29, 0.717) is 13.2 Å². The van der Waals surface area contributed by atoms with Crippen molar-refractivity contribution >= 4 is 5.96 Å². The smallest absolute Gasteiger partial charge is 0.191 e. The van der Waals surface area contributed by atoms with E-state index >= 15 is 0 Å². The number of rotatable bonds is 9. The molecule has 0 aromatic heterocycles. The zero-order chi connectivity index (χ0) is 17.9. The summed E-state index contributed by atoms with van der Waals surface area (Å²) in [7, 11) is 3.48. The molecule has 25 heavy (non-hydrogen) atoms. The van der Waals surface area contributed by atoms with Crippen LogP contribution in [0.25, 0.3) is 0 Å². The molecule has 6 nitrogen and oxygen atoms in total. The Hall–Kier alpha value is -1.79. The molecule has 1 fully saturated rings. The van der Waals surface area contributed by atoms with Gasteiger partial charge >= 0.3 is 0 Å². The highest BCUT2D eigenvalue weighted by Gasteiger charge is 2.14. The molecule has 1 aromatic rings. The summed E-state index contributed by atoms with van der Waals surface area (Å²) in [6.07, 6.45) is 3.45. The number of methoxy groups -OCH3 is 1. The van der Waals surface area contributed by atoms with E-state index in [9.17, 15) is 0 Å². The van der Waals surface area contributed by atoms with Gasteiger partial charge in [0.2, 0.25) is 0 Å². The minimum Gasteiger partial charge on any atom is -0.496 e. The van der Waals surface area contributed by atoms with Crippen LogP contribution in [0, 0.1) is 6.92 Å². The molecule has 0 saturated carbocycles. The summed E-state index contributed by atoms with van der Waals surface area (Å²) in [4.78, 5) is 4.23.